The zero-order valence-corrected chi connectivity index (χ0v) is 10.3. The summed E-state index contributed by atoms with van der Waals surface area (Å²) in [5, 5.41) is 0. The molecule has 1 aromatic carbocycles. The average Bonchev–Trinajstić information content (AvgIpc) is 2.26. The normalized spacial score (nSPS) is 12.6. The van der Waals surface area contributed by atoms with Gasteiger partial charge in [-0.1, -0.05) is 12.1 Å². The van der Waals surface area contributed by atoms with Gasteiger partial charge in [-0.3, -0.25) is 0 Å². The Morgan fingerprint density at radius 2 is 1.67 bits per heavy atom. The van der Waals surface area contributed by atoms with Crippen LogP contribution in [-0.2, 0) is 11.3 Å². The minimum atomic E-state index is -4.67. The smallest absolute Gasteiger partial charge is 0.406 e. The molecule has 0 radical (unpaired) electrons. The number of rotatable bonds is 5. The summed E-state index contributed by atoms with van der Waals surface area (Å²) >= 11 is 0. The largest absolute Gasteiger partial charge is 0.573 e. The molecule has 0 aliphatic rings. The van der Waals surface area contributed by atoms with E-state index in [-0.39, 0.29) is 12.4 Å². The molecule has 0 amide bonds. The molecule has 1 aromatic rings. The Hall–Kier alpha value is -1.27. The maximum Gasteiger partial charge on any atom is 0.573 e. The van der Waals surface area contributed by atoms with Gasteiger partial charge in [0, 0.05) is 6.54 Å². The van der Waals surface area contributed by atoms with E-state index in [0.29, 0.717) is 6.54 Å². The Morgan fingerprint density at radius 3 is 2.11 bits per heavy atom. The fourth-order valence-electron chi connectivity index (χ4n) is 1.12. The molecule has 6 heteroatoms. The molecule has 0 spiro atoms. The zero-order valence-electron chi connectivity index (χ0n) is 10.3. The molecule has 102 valence electrons. The van der Waals surface area contributed by atoms with Gasteiger partial charge in [0.15, 0.2) is 0 Å². The van der Waals surface area contributed by atoms with Crippen molar-refractivity contribution in [1.82, 2.24) is 0 Å². The Bertz CT molecular complexity index is 374. The Morgan fingerprint density at radius 1 is 1.11 bits per heavy atom. The van der Waals surface area contributed by atoms with Crippen LogP contribution < -0.4 is 10.5 Å². The number of hydrogen-bond donors (Lipinski definition) is 1. The second-order valence-corrected chi connectivity index (χ2v) is 4.44. The van der Waals surface area contributed by atoms with Gasteiger partial charge in [-0.05, 0) is 31.5 Å². The van der Waals surface area contributed by atoms with E-state index in [1.807, 2.05) is 13.8 Å². The van der Waals surface area contributed by atoms with Crippen LogP contribution in [0.15, 0.2) is 24.3 Å². The van der Waals surface area contributed by atoms with Crippen molar-refractivity contribution in [3.05, 3.63) is 29.8 Å². The molecule has 0 aliphatic carbocycles. The highest BCUT2D eigenvalue weighted by atomic mass is 19.4. The van der Waals surface area contributed by atoms with E-state index in [9.17, 15) is 13.2 Å². The lowest BCUT2D eigenvalue weighted by atomic mass is 10.1. The number of halogens is 3. The predicted molar refractivity (Wildman–Crippen MR) is 61.0 cm³/mol. The van der Waals surface area contributed by atoms with Gasteiger partial charge < -0.3 is 15.2 Å². The molecular weight excluding hydrogens is 247 g/mol. The van der Waals surface area contributed by atoms with E-state index < -0.39 is 12.0 Å². The third-order valence-electron chi connectivity index (χ3n) is 2.28. The van der Waals surface area contributed by atoms with Gasteiger partial charge in [0.1, 0.15) is 5.75 Å². The summed E-state index contributed by atoms with van der Waals surface area (Å²) in [6.07, 6.45) is -4.67. The summed E-state index contributed by atoms with van der Waals surface area (Å²) < 4.78 is 45.1. The van der Waals surface area contributed by atoms with E-state index in [2.05, 4.69) is 4.74 Å². The molecule has 0 heterocycles. The van der Waals surface area contributed by atoms with Gasteiger partial charge in [-0.2, -0.15) is 0 Å². The van der Waals surface area contributed by atoms with Gasteiger partial charge in [-0.15, -0.1) is 13.2 Å². The van der Waals surface area contributed by atoms with Crippen LogP contribution in [0.3, 0.4) is 0 Å². The van der Waals surface area contributed by atoms with Crippen LogP contribution in [0.25, 0.3) is 0 Å². The van der Waals surface area contributed by atoms with Crippen molar-refractivity contribution in [1.29, 1.82) is 0 Å². The summed E-state index contributed by atoms with van der Waals surface area (Å²) in [5.41, 5.74) is 5.79. The number of ether oxygens (including phenoxy) is 2. The first-order chi connectivity index (χ1) is 8.22. The maximum atomic E-state index is 11.9. The minimum Gasteiger partial charge on any atom is -0.406 e. The van der Waals surface area contributed by atoms with Gasteiger partial charge >= 0.3 is 6.36 Å². The number of hydrogen-bond acceptors (Lipinski definition) is 3. The summed E-state index contributed by atoms with van der Waals surface area (Å²) in [4.78, 5) is 0. The molecule has 2 N–H and O–H groups in total. The standard InChI is InChI=1S/C12H16F3NO2/c1-11(2,8-16)17-7-9-3-5-10(6-4-9)18-12(13,14)15/h3-6H,7-8,16H2,1-2H3. The number of benzene rings is 1. The second kappa shape index (κ2) is 5.58. The highest BCUT2D eigenvalue weighted by Crippen LogP contribution is 2.23. The van der Waals surface area contributed by atoms with Crippen molar-refractivity contribution in [3.8, 4) is 5.75 Å². The van der Waals surface area contributed by atoms with Crippen LogP contribution in [0.2, 0.25) is 0 Å². The lowest BCUT2D eigenvalue weighted by Gasteiger charge is -2.23. The number of alkyl halides is 3. The fourth-order valence-corrected chi connectivity index (χ4v) is 1.12. The molecule has 0 aromatic heterocycles. The van der Waals surface area contributed by atoms with Crippen molar-refractivity contribution in [2.45, 2.75) is 32.4 Å². The number of nitrogens with two attached hydrogens (primary N) is 1. The van der Waals surface area contributed by atoms with E-state index in [1.165, 1.54) is 24.3 Å². The molecule has 0 saturated heterocycles. The van der Waals surface area contributed by atoms with Crippen LogP contribution >= 0.6 is 0 Å². The molecule has 0 atom stereocenters. The molecule has 18 heavy (non-hydrogen) atoms. The lowest BCUT2D eigenvalue weighted by Crippen LogP contribution is -2.33. The monoisotopic (exact) mass is 263 g/mol. The SMILES string of the molecule is CC(C)(CN)OCc1ccc(OC(F)(F)F)cc1. The van der Waals surface area contributed by atoms with Gasteiger partial charge in [0.2, 0.25) is 0 Å². The summed E-state index contributed by atoms with van der Waals surface area (Å²) in [6.45, 7) is 4.33. The quantitative estimate of drug-likeness (QED) is 0.888. The molecule has 0 aliphatic heterocycles. The van der Waals surface area contributed by atoms with Gasteiger partial charge in [-0.25, -0.2) is 0 Å². The second-order valence-electron chi connectivity index (χ2n) is 4.44. The Balaban J connectivity index is 2.56. The Labute approximate surface area is 104 Å². The van der Waals surface area contributed by atoms with Crippen LogP contribution in [0.4, 0.5) is 13.2 Å². The van der Waals surface area contributed by atoms with Crippen molar-refractivity contribution < 1.29 is 22.6 Å². The van der Waals surface area contributed by atoms with Gasteiger partial charge in [0.05, 0.1) is 12.2 Å². The van der Waals surface area contributed by atoms with Crippen LogP contribution in [0, 0.1) is 0 Å². The third-order valence-corrected chi connectivity index (χ3v) is 2.28. The van der Waals surface area contributed by atoms with E-state index in [4.69, 9.17) is 10.5 Å². The summed E-state index contributed by atoms with van der Waals surface area (Å²) in [7, 11) is 0. The van der Waals surface area contributed by atoms with Crippen molar-refractivity contribution in [2.24, 2.45) is 5.73 Å². The van der Waals surface area contributed by atoms with Gasteiger partial charge in [0.25, 0.3) is 0 Å². The molecule has 3 nitrogen and oxygen atoms in total. The summed E-state index contributed by atoms with van der Waals surface area (Å²) in [6, 6.07) is 5.55. The summed E-state index contributed by atoms with van der Waals surface area (Å²) in [5.74, 6) is -0.246. The zero-order chi connectivity index (χ0) is 13.8. The molecule has 0 saturated carbocycles. The minimum absolute atomic E-state index is 0.246. The molecule has 0 bridgehead atoms. The van der Waals surface area contributed by atoms with E-state index in [1.54, 1.807) is 0 Å². The Kier molecular flexibility index (Phi) is 4.59. The van der Waals surface area contributed by atoms with Crippen molar-refractivity contribution in [3.63, 3.8) is 0 Å². The lowest BCUT2D eigenvalue weighted by molar-refractivity contribution is -0.274. The fraction of sp³-hybridized carbons (Fsp3) is 0.500. The van der Waals surface area contributed by atoms with Crippen molar-refractivity contribution >= 4 is 0 Å². The van der Waals surface area contributed by atoms with E-state index in [0.717, 1.165) is 5.56 Å². The highest BCUT2D eigenvalue weighted by molar-refractivity contribution is 5.27. The first-order valence-corrected chi connectivity index (χ1v) is 5.40. The first-order valence-electron chi connectivity index (χ1n) is 5.40. The van der Waals surface area contributed by atoms with Crippen LogP contribution in [-0.4, -0.2) is 18.5 Å². The average molecular weight is 263 g/mol. The molecule has 0 fully saturated rings. The predicted octanol–water partition coefficient (Wildman–Crippen LogP) is 2.84. The topological polar surface area (TPSA) is 44.5 Å². The molecule has 1 rings (SSSR count). The van der Waals surface area contributed by atoms with E-state index >= 15 is 0 Å². The molecule has 0 unspecified atom stereocenters. The maximum absolute atomic E-state index is 11.9. The van der Waals surface area contributed by atoms with Crippen molar-refractivity contribution in [2.75, 3.05) is 6.54 Å². The van der Waals surface area contributed by atoms with Crippen LogP contribution in [0.5, 0.6) is 5.75 Å². The first kappa shape index (κ1) is 14.8. The van der Waals surface area contributed by atoms with Crippen LogP contribution in [0.1, 0.15) is 19.4 Å². The third kappa shape index (κ3) is 5.37. The highest BCUT2D eigenvalue weighted by Gasteiger charge is 2.30. The molecular formula is C12H16F3NO2.